The lowest BCUT2D eigenvalue weighted by Crippen LogP contribution is -1.82. The van der Waals surface area contributed by atoms with Crippen molar-refractivity contribution in [2.75, 3.05) is 5.75 Å². The van der Waals surface area contributed by atoms with Gasteiger partial charge < -0.3 is 0 Å². The van der Waals surface area contributed by atoms with Gasteiger partial charge in [0.15, 0.2) is 0 Å². The van der Waals surface area contributed by atoms with Gasteiger partial charge in [0, 0.05) is 11.6 Å². The summed E-state index contributed by atoms with van der Waals surface area (Å²) in [4.78, 5) is 4.23. The van der Waals surface area contributed by atoms with Crippen molar-refractivity contribution in [1.29, 1.82) is 0 Å². The lowest BCUT2D eigenvalue weighted by Gasteiger charge is -2.00. The number of halogens is 1. The molecule has 0 unspecified atom stereocenters. The first-order chi connectivity index (χ1) is 6.79. The van der Waals surface area contributed by atoms with Gasteiger partial charge in [0.1, 0.15) is 5.82 Å². The van der Waals surface area contributed by atoms with Gasteiger partial charge in [-0.25, -0.2) is 9.37 Å². The molecule has 0 aliphatic rings. The first-order valence-electron chi connectivity index (χ1n) is 4.47. The standard InChI is InChI=1S/C11H10FNS/c1-2-14-11-6-8-3-4-10(12)5-9(8)7-13-11/h3-7H,2H2,1H3. The summed E-state index contributed by atoms with van der Waals surface area (Å²) < 4.78 is 12.9. The van der Waals surface area contributed by atoms with Crippen LogP contribution in [0.15, 0.2) is 35.5 Å². The second-order valence-electron chi connectivity index (χ2n) is 2.95. The Kier molecular flexibility index (Phi) is 2.68. The third-order valence-corrected chi connectivity index (χ3v) is 2.76. The van der Waals surface area contributed by atoms with E-state index in [0.717, 1.165) is 21.6 Å². The predicted octanol–water partition coefficient (Wildman–Crippen LogP) is 3.49. The second kappa shape index (κ2) is 3.96. The maximum Gasteiger partial charge on any atom is 0.123 e. The van der Waals surface area contributed by atoms with Gasteiger partial charge >= 0.3 is 0 Å². The number of nitrogens with zero attached hydrogens (tertiary/aromatic N) is 1. The molecule has 0 spiro atoms. The fourth-order valence-corrected chi connectivity index (χ4v) is 1.95. The molecule has 1 aromatic heterocycles. The third-order valence-electron chi connectivity index (χ3n) is 1.95. The van der Waals surface area contributed by atoms with E-state index >= 15 is 0 Å². The predicted molar refractivity (Wildman–Crippen MR) is 58.1 cm³/mol. The SMILES string of the molecule is CCSc1cc2ccc(F)cc2cn1. The summed E-state index contributed by atoms with van der Waals surface area (Å²) in [6, 6.07) is 6.75. The highest BCUT2D eigenvalue weighted by Gasteiger charge is 1.98. The lowest BCUT2D eigenvalue weighted by atomic mass is 10.2. The minimum Gasteiger partial charge on any atom is -0.249 e. The monoisotopic (exact) mass is 207 g/mol. The second-order valence-corrected chi connectivity index (χ2v) is 4.23. The molecule has 0 atom stereocenters. The summed E-state index contributed by atoms with van der Waals surface area (Å²) in [6.45, 7) is 2.08. The van der Waals surface area contributed by atoms with Crippen LogP contribution < -0.4 is 0 Å². The van der Waals surface area contributed by atoms with E-state index in [0.29, 0.717) is 0 Å². The Morgan fingerprint density at radius 2 is 2.14 bits per heavy atom. The van der Waals surface area contributed by atoms with Crippen molar-refractivity contribution in [1.82, 2.24) is 4.98 Å². The number of fused-ring (bicyclic) bond motifs is 1. The highest BCUT2D eigenvalue weighted by Crippen LogP contribution is 2.21. The molecule has 0 fully saturated rings. The molecule has 14 heavy (non-hydrogen) atoms. The molecule has 0 saturated heterocycles. The molecule has 72 valence electrons. The van der Waals surface area contributed by atoms with Crippen molar-refractivity contribution < 1.29 is 4.39 Å². The van der Waals surface area contributed by atoms with E-state index < -0.39 is 0 Å². The van der Waals surface area contributed by atoms with Crippen LogP contribution in [0, 0.1) is 5.82 Å². The Balaban J connectivity index is 2.50. The van der Waals surface area contributed by atoms with Gasteiger partial charge in [0.2, 0.25) is 0 Å². The highest BCUT2D eigenvalue weighted by atomic mass is 32.2. The van der Waals surface area contributed by atoms with E-state index in [1.807, 2.05) is 6.07 Å². The van der Waals surface area contributed by atoms with Crippen LogP contribution in [0.3, 0.4) is 0 Å². The summed E-state index contributed by atoms with van der Waals surface area (Å²) in [6.07, 6.45) is 1.72. The number of hydrogen-bond donors (Lipinski definition) is 0. The normalized spacial score (nSPS) is 10.7. The highest BCUT2D eigenvalue weighted by molar-refractivity contribution is 7.99. The van der Waals surface area contributed by atoms with Crippen LogP contribution in [0.5, 0.6) is 0 Å². The van der Waals surface area contributed by atoms with E-state index in [4.69, 9.17) is 0 Å². The van der Waals surface area contributed by atoms with Crippen molar-refractivity contribution >= 4 is 22.5 Å². The molecular formula is C11H10FNS. The topological polar surface area (TPSA) is 12.9 Å². The van der Waals surface area contributed by atoms with Crippen molar-refractivity contribution in [3.05, 3.63) is 36.3 Å². The van der Waals surface area contributed by atoms with Gasteiger partial charge in [-0.3, -0.25) is 0 Å². The Labute approximate surface area is 86.4 Å². The van der Waals surface area contributed by atoms with Crippen molar-refractivity contribution in [3.8, 4) is 0 Å². The Morgan fingerprint density at radius 1 is 1.29 bits per heavy atom. The number of hydrogen-bond acceptors (Lipinski definition) is 2. The van der Waals surface area contributed by atoms with Crippen molar-refractivity contribution in [2.45, 2.75) is 11.9 Å². The van der Waals surface area contributed by atoms with E-state index in [9.17, 15) is 4.39 Å². The molecule has 1 aromatic carbocycles. The lowest BCUT2D eigenvalue weighted by molar-refractivity contribution is 0.629. The van der Waals surface area contributed by atoms with Crippen LogP contribution in [-0.2, 0) is 0 Å². The molecule has 0 aliphatic heterocycles. The fourth-order valence-electron chi connectivity index (χ4n) is 1.32. The molecule has 0 bridgehead atoms. The maximum atomic E-state index is 12.9. The van der Waals surface area contributed by atoms with Crippen LogP contribution >= 0.6 is 11.8 Å². The fraction of sp³-hybridized carbons (Fsp3) is 0.182. The molecule has 2 aromatic rings. The van der Waals surface area contributed by atoms with Gasteiger partial charge in [0.05, 0.1) is 5.03 Å². The minimum absolute atomic E-state index is 0.213. The Morgan fingerprint density at radius 3 is 2.93 bits per heavy atom. The number of pyridine rings is 1. The van der Waals surface area contributed by atoms with Crippen LogP contribution in [0.25, 0.3) is 10.8 Å². The van der Waals surface area contributed by atoms with E-state index in [1.165, 1.54) is 12.1 Å². The van der Waals surface area contributed by atoms with Gasteiger partial charge in [-0.15, -0.1) is 11.8 Å². The number of thioether (sulfide) groups is 1. The molecule has 1 nitrogen and oxygen atoms in total. The first kappa shape index (κ1) is 9.46. The average molecular weight is 207 g/mol. The summed E-state index contributed by atoms with van der Waals surface area (Å²) in [5, 5.41) is 2.88. The van der Waals surface area contributed by atoms with E-state index in [2.05, 4.69) is 11.9 Å². The zero-order chi connectivity index (χ0) is 9.97. The zero-order valence-corrected chi connectivity index (χ0v) is 8.64. The van der Waals surface area contributed by atoms with Crippen LogP contribution in [0.2, 0.25) is 0 Å². The maximum absolute atomic E-state index is 12.9. The summed E-state index contributed by atoms with van der Waals surface area (Å²) >= 11 is 1.69. The summed E-state index contributed by atoms with van der Waals surface area (Å²) in [5.74, 6) is 0.787. The molecule has 1 heterocycles. The summed E-state index contributed by atoms with van der Waals surface area (Å²) in [5.41, 5.74) is 0. The smallest absolute Gasteiger partial charge is 0.123 e. The van der Waals surface area contributed by atoms with Gasteiger partial charge in [0.25, 0.3) is 0 Å². The van der Waals surface area contributed by atoms with Crippen LogP contribution in [-0.4, -0.2) is 10.7 Å². The minimum atomic E-state index is -0.213. The third kappa shape index (κ3) is 1.87. The molecule has 0 aliphatic carbocycles. The Hall–Kier alpha value is -1.09. The first-order valence-corrected chi connectivity index (χ1v) is 5.46. The molecule has 2 rings (SSSR count). The van der Waals surface area contributed by atoms with Gasteiger partial charge in [-0.2, -0.15) is 0 Å². The molecule has 3 heteroatoms. The average Bonchev–Trinajstić information content (AvgIpc) is 2.19. The molecule has 0 amide bonds. The quantitative estimate of drug-likeness (QED) is 0.699. The molecule has 0 N–H and O–H groups in total. The molecule has 0 saturated carbocycles. The molecule has 0 radical (unpaired) electrons. The van der Waals surface area contributed by atoms with E-state index in [-0.39, 0.29) is 5.82 Å². The van der Waals surface area contributed by atoms with Crippen LogP contribution in [0.4, 0.5) is 4.39 Å². The number of aromatic nitrogens is 1. The largest absolute Gasteiger partial charge is 0.249 e. The number of benzene rings is 1. The molecular weight excluding hydrogens is 197 g/mol. The summed E-state index contributed by atoms with van der Waals surface area (Å²) in [7, 11) is 0. The Bertz CT molecular complexity index is 456. The van der Waals surface area contributed by atoms with Crippen molar-refractivity contribution in [2.24, 2.45) is 0 Å². The van der Waals surface area contributed by atoms with Crippen LogP contribution in [0.1, 0.15) is 6.92 Å². The zero-order valence-electron chi connectivity index (χ0n) is 7.83. The number of rotatable bonds is 2. The van der Waals surface area contributed by atoms with E-state index in [1.54, 1.807) is 24.0 Å². The van der Waals surface area contributed by atoms with Gasteiger partial charge in [-0.1, -0.05) is 13.0 Å². The van der Waals surface area contributed by atoms with Crippen molar-refractivity contribution in [3.63, 3.8) is 0 Å². The van der Waals surface area contributed by atoms with Gasteiger partial charge in [-0.05, 0) is 29.3 Å².